The zero-order chi connectivity index (χ0) is 16.4. The molecule has 0 bridgehead atoms. The Bertz CT molecular complexity index is 635. The summed E-state index contributed by atoms with van der Waals surface area (Å²) in [5, 5.41) is 4.50. The second-order valence-corrected chi connectivity index (χ2v) is 8.65. The number of aryl methyl sites for hydroxylation is 1. The van der Waals surface area contributed by atoms with Crippen molar-refractivity contribution in [3.05, 3.63) is 11.6 Å². The van der Waals surface area contributed by atoms with Gasteiger partial charge in [0.15, 0.2) is 5.82 Å². The lowest BCUT2D eigenvalue weighted by molar-refractivity contribution is 0.0722. The van der Waals surface area contributed by atoms with Gasteiger partial charge in [0, 0.05) is 25.7 Å². The van der Waals surface area contributed by atoms with Crippen molar-refractivity contribution in [2.75, 3.05) is 19.0 Å². The van der Waals surface area contributed by atoms with Gasteiger partial charge in [0.1, 0.15) is 5.82 Å². The highest BCUT2D eigenvalue weighted by atomic mass is 32.2. The fourth-order valence-corrected chi connectivity index (χ4v) is 4.92. The highest BCUT2D eigenvalue weighted by Gasteiger charge is 2.30. The molecule has 1 unspecified atom stereocenters. The van der Waals surface area contributed by atoms with Gasteiger partial charge in [0.05, 0.1) is 11.8 Å². The van der Waals surface area contributed by atoms with Gasteiger partial charge in [0.2, 0.25) is 10.0 Å². The Morgan fingerprint density at radius 1 is 1.30 bits per heavy atom. The minimum atomic E-state index is -3.32. The molecule has 0 amide bonds. The summed E-state index contributed by atoms with van der Waals surface area (Å²) in [5.41, 5.74) is 0. The number of sulfonamides is 1. The average molecular weight is 342 g/mol. The second-order valence-electron chi connectivity index (χ2n) is 6.86. The van der Waals surface area contributed by atoms with Gasteiger partial charge in [-0.3, -0.25) is 0 Å². The van der Waals surface area contributed by atoms with E-state index in [4.69, 9.17) is 4.74 Å². The van der Waals surface area contributed by atoms with Crippen LogP contribution in [0.4, 0.5) is 0 Å². The number of fused-ring (bicyclic) bond motifs is 1. The molecule has 0 aliphatic carbocycles. The number of aromatic nitrogens is 3. The predicted molar refractivity (Wildman–Crippen MR) is 86.6 cm³/mol. The van der Waals surface area contributed by atoms with Crippen LogP contribution in [0.25, 0.3) is 0 Å². The summed E-state index contributed by atoms with van der Waals surface area (Å²) in [4.78, 5) is 4.57. The molecule has 3 heterocycles. The molecule has 23 heavy (non-hydrogen) atoms. The van der Waals surface area contributed by atoms with Crippen LogP contribution in [0, 0.1) is 5.92 Å². The van der Waals surface area contributed by atoms with Crippen LogP contribution in [0.15, 0.2) is 0 Å². The third-order valence-corrected chi connectivity index (χ3v) is 6.08. The van der Waals surface area contributed by atoms with Crippen molar-refractivity contribution in [1.82, 2.24) is 19.5 Å². The Kier molecular flexibility index (Phi) is 5.03. The molecule has 0 spiro atoms. The van der Waals surface area contributed by atoms with E-state index in [1.807, 2.05) is 18.5 Å². The predicted octanol–water partition coefficient (Wildman–Crippen LogP) is 1.58. The third kappa shape index (κ3) is 4.10. The first-order valence-electron chi connectivity index (χ1n) is 8.47. The van der Waals surface area contributed by atoms with Crippen molar-refractivity contribution in [3.8, 4) is 0 Å². The first-order chi connectivity index (χ1) is 10.9. The van der Waals surface area contributed by atoms with Gasteiger partial charge in [-0.15, -0.1) is 0 Å². The topological polar surface area (TPSA) is 86.1 Å². The van der Waals surface area contributed by atoms with Gasteiger partial charge in [0.25, 0.3) is 0 Å². The van der Waals surface area contributed by atoms with Gasteiger partial charge in [-0.1, -0.05) is 13.8 Å². The van der Waals surface area contributed by atoms with Gasteiger partial charge in [-0.05, 0) is 31.6 Å². The maximum absolute atomic E-state index is 12.5. The smallest absolute Gasteiger partial charge is 0.212 e. The zero-order valence-electron chi connectivity index (χ0n) is 13.9. The summed E-state index contributed by atoms with van der Waals surface area (Å²) in [5.74, 6) is 2.16. The number of ether oxygens (including phenoxy) is 1. The molecule has 1 N–H and O–H groups in total. The average Bonchev–Trinajstić information content (AvgIpc) is 2.93. The van der Waals surface area contributed by atoms with Crippen molar-refractivity contribution >= 4 is 10.0 Å². The highest BCUT2D eigenvalue weighted by Crippen LogP contribution is 2.26. The minimum Gasteiger partial charge on any atom is -0.381 e. The molecule has 8 heteroatoms. The van der Waals surface area contributed by atoms with Crippen LogP contribution < -0.4 is 4.72 Å². The van der Waals surface area contributed by atoms with Gasteiger partial charge in [-0.2, -0.15) is 5.10 Å². The maximum Gasteiger partial charge on any atom is 0.212 e. The van der Waals surface area contributed by atoms with E-state index in [1.165, 1.54) is 0 Å². The van der Waals surface area contributed by atoms with Crippen molar-refractivity contribution in [3.63, 3.8) is 0 Å². The number of hydrogen-bond donors (Lipinski definition) is 1. The van der Waals surface area contributed by atoms with Crippen molar-refractivity contribution in [1.29, 1.82) is 0 Å². The Hall–Kier alpha value is -0.990. The van der Waals surface area contributed by atoms with Crippen molar-refractivity contribution in [2.24, 2.45) is 5.92 Å². The molecule has 1 saturated heterocycles. The molecule has 3 rings (SSSR count). The standard InChI is InChI=1S/C15H26N4O3S/c1-11(2)14-16-15-13(4-3-7-19(15)17-14)18-23(20,21)10-12-5-8-22-9-6-12/h11-13,18H,3-10H2,1-2H3. The normalized spacial score (nSPS) is 23.2. The monoisotopic (exact) mass is 342 g/mol. The number of nitrogens with zero attached hydrogens (tertiary/aromatic N) is 3. The fourth-order valence-electron chi connectivity index (χ4n) is 3.21. The highest BCUT2D eigenvalue weighted by molar-refractivity contribution is 7.89. The molecule has 1 atom stereocenters. The molecule has 2 aliphatic rings. The van der Waals surface area contributed by atoms with Gasteiger partial charge >= 0.3 is 0 Å². The van der Waals surface area contributed by atoms with E-state index in [9.17, 15) is 8.42 Å². The second kappa shape index (κ2) is 6.86. The van der Waals surface area contributed by atoms with Crippen molar-refractivity contribution < 1.29 is 13.2 Å². The fraction of sp³-hybridized carbons (Fsp3) is 0.867. The van der Waals surface area contributed by atoms with Crippen LogP contribution in [0.3, 0.4) is 0 Å². The Balaban J connectivity index is 1.70. The summed E-state index contributed by atoms with van der Waals surface area (Å²) in [6.07, 6.45) is 3.33. The lowest BCUT2D eigenvalue weighted by Gasteiger charge is -2.25. The van der Waals surface area contributed by atoms with Crippen LogP contribution >= 0.6 is 0 Å². The van der Waals surface area contributed by atoms with Crippen LogP contribution in [-0.4, -0.2) is 42.1 Å². The van der Waals surface area contributed by atoms with Crippen LogP contribution in [0.2, 0.25) is 0 Å². The lowest BCUT2D eigenvalue weighted by Crippen LogP contribution is -2.37. The molecule has 1 fully saturated rings. The van der Waals surface area contributed by atoms with E-state index in [2.05, 4.69) is 14.8 Å². The molecular formula is C15H26N4O3S. The number of rotatable bonds is 5. The number of hydrogen-bond acceptors (Lipinski definition) is 5. The van der Waals surface area contributed by atoms with E-state index in [0.29, 0.717) is 13.2 Å². The maximum atomic E-state index is 12.5. The molecule has 0 aromatic carbocycles. The molecule has 130 valence electrons. The first kappa shape index (κ1) is 16.9. The molecule has 2 aliphatic heterocycles. The lowest BCUT2D eigenvalue weighted by atomic mass is 10.0. The van der Waals surface area contributed by atoms with E-state index >= 15 is 0 Å². The third-order valence-electron chi connectivity index (χ3n) is 4.53. The Morgan fingerprint density at radius 2 is 2.04 bits per heavy atom. The van der Waals surface area contributed by atoms with Gasteiger partial charge in [-0.25, -0.2) is 22.8 Å². The molecule has 1 aromatic rings. The summed E-state index contributed by atoms with van der Waals surface area (Å²) >= 11 is 0. The first-order valence-corrected chi connectivity index (χ1v) is 10.1. The summed E-state index contributed by atoms with van der Waals surface area (Å²) in [6.45, 7) is 6.23. The van der Waals surface area contributed by atoms with Crippen molar-refractivity contribution in [2.45, 2.75) is 58.0 Å². The summed E-state index contributed by atoms with van der Waals surface area (Å²) in [7, 11) is -3.32. The molecule has 0 radical (unpaired) electrons. The zero-order valence-corrected chi connectivity index (χ0v) is 14.7. The number of nitrogens with one attached hydrogen (secondary N) is 1. The minimum absolute atomic E-state index is 0.179. The summed E-state index contributed by atoms with van der Waals surface area (Å²) in [6, 6.07) is -0.256. The SMILES string of the molecule is CC(C)c1nc2n(n1)CCCC2NS(=O)(=O)CC1CCOCC1. The van der Waals surface area contributed by atoms with E-state index in [0.717, 1.165) is 43.9 Å². The largest absolute Gasteiger partial charge is 0.381 e. The van der Waals surface area contributed by atoms with E-state index in [-0.39, 0.29) is 23.6 Å². The van der Waals surface area contributed by atoms with Crippen LogP contribution in [0.1, 0.15) is 63.1 Å². The quantitative estimate of drug-likeness (QED) is 0.878. The Labute approximate surface area is 137 Å². The molecule has 7 nitrogen and oxygen atoms in total. The molecule has 0 saturated carbocycles. The Morgan fingerprint density at radius 3 is 2.74 bits per heavy atom. The van der Waals surface area contributed by atoms with E-state index < -0.39 is 10.0 Å². The van der Waals surface area contributed by atoms with Gasteiger partial charge < -0.3 is 4.74 Å². The summed E-state index contributed by atoms with van der Waals surface area (Å²) < 4.78 is 35.0. The van der Waals surface area contributed by atoms with Crippen LogP contribution in [0.5, 0.6) is 0 Å². The molecular weight excluding hydrogens is 316 g/mol. The molecule has 1 aromatic heterocycles. The van der Waals surface area contributed by atoms with E-state index in [1.54, 1.807) is 0 Å². The van der Waals surface area contributed by atoms with Crippen LogP contribution in [-0.2, 0) is 21.3 Å².